The average Bonchev–Trinajstić information content (AvgIpc) is 2.10. The van der Waals surface area contributed by atoms with Gasteiger partial charge in [-0.05, 0) is 46.1 Å². The van der Waals surface area contributed by atoms with E-state index < -0.39 is 0 Å². The van der Waals surface area contributed by atoms with E-state index in [0.29, 0.717) is 5.02 Å². The quantitative estimate of drug-likeness (QED) is 0.862. The summed E-state index contributed by atoms with van der Waals surface area (Å²) in [6.07, 6.45) is 0. The lowest BCUT2D eigenvalue weighted by atomic mass is 10.0. The van der Waals surface area contributed by atoms with Gasteiger partial charge in [-0.3, -0.25) is 0 Å². The molecule has 1 aromatic rings. The van der Waals surface area contributed by atoms with Gasteiger partial charge >= 0.3 is 0 Å². The average molecular weight is 265 g/mol. The van der Waals surface area contributed by atoms with Crippen LogP contribution in [0.3, 0.4) is 0 Å². The maximum absolute atomic E-state index is 8.90. The molecule has 0 amide bonds. The fraction of sp³-hybridized carbons (Fsp3) is 0.333. The first-order valence-corrected chi connectivity index (χ1v) is 5.05. The predicted octanol–water partition coefficient (Wildman–Crippen LogP) is 2.40. The van der Waals surface area contributed by atoms with E-state index in [1.54, 1.807) is 0 Å². The molecule has 13 heavy (non-hydrogen) atoms. The minimum Gasteiger partial charge on any atom is -0.394 e. The largest absolute Gasteiger partial charge is 0.394 e. The zero-order chi connectivity index (χ0) is 10.0. The van der Waals surface area contributed by atoms with Crippen molar-refractivity contribution in [3.63, 3.8) is 0 Å². The number of halogens is 2. The Hall–Kier alpha value is -0.0900. The first-order chi connectivity index (χ1) is 6.06. The van der Waals surface area contributed by atoms with E-state index in [2.05, 4.69) is 15.9 Å². The van der Waals surface area contributed by atoms with Gasteiger partial charge in [0.1, 0.15) is 0 Å². The molecule has 1 aromatic carbocycles. The Labute approximate surface area is 90.8 Å². The summed E-state index contributed by atoms with van der Waals surface area (Å²) < 4.78 is 0.804. The summed E-state index contributed by atoms with van der Waals surface area (Å²) in [5, 5.41) is 9.56. The van der Waals surface area contributed by atoms with Crippen LogP contribution in [0.4, 0.5) is 0 Å². The van der Waals surface area contributed by atoms with Gasteiger partial charge in [-0.1, -0.05) is 11.6 Å². The van der Waals surface area contributed by atoms with Crippen molar-refractivity contribution in [1.29, 1.82) is 0 Å². The monoisotopic (exact) mass is 263 g/mol. The molecule has 0 aliphatic heterocycles. The number of aliphatic hydroxyl groups is 1. The first kappa shape index (κ1) is 11.0. The van der Waals surface area contributed by atoms with Crippen LogP contribution in [-0.2, 0) is 0 Å². The van der Waals surface area contributed by atoms with E-state index in [1.165, 1.54) is 0 Å². The molecule has 4 heteroatoms. The summed E-state index contributed by atoms with van der Waals surface area (Å²) >= 11 is 9.19. The van der Waals surface area contributed by atoms with E-state index in [-0.39, 0.29) is 12.6 Å². The van der Waals surface area contributed by atoms with E-state index >= 15 is 0 Å². The van der Waals surface area contributed by atoms with Crippen LogP contribution in [0.5, 0.6) is 0 Å². The highest BCUT2D eigenvalue weighted by molar-refractivity contribution is 9.10. The molecule has 2 nitrogen and oxygen atoms in total. The third-order valence-corrected chi connectivity index (χ3v) is 3.10. The van der Waals surface area contributed by atoms with Gasteiger partial charge < -0.3 is 10.8 Å². The Bertz CT molecular complexity index is 317. The van der Waals surface area contributed by atoms with Crippen molar-refractivity contribution in [3.8, 4) is 0 Å². The Morgan fingerprint density at radius 1 is 1.62 bits per heavy atom. The molecular formula is C9H11BrClNO. The van der Waals surface area contributed by atoms with Gasteiger partial charge in [-0.15, -0.1) is 0 Å². The number of benzene rings is 1. The molecule has 0 spiro atoms. The number of aliphatic hydroxyl groups excluding tert-OH is 1. The smallest absolute Gasteiger partial charge is 0.0624 e. The second-order valence-electron chi connectivity index (χ2n) is 2.91. The van der Waals surface area contributed by atoms with Crippen molar-refractivity contribution < 1.29 is 5.11 Å². The molecule has 0 aromatic heterocycles. The number of hydrogen-bond acceptors (Lipinski definition) is 2. The molecule has 0 heterocycles. The molecule has 0 fully saturated rings. The topological polar surface area (TPSA) is 46.2 Å². The highest BCUT2D eigenvalue weighted by Crippen LogP contribution is 2.28. The lowest BCUT2D eigenvalue weighted by Gasteiger charge is -2.13. The summed E-state index contributed by atoms with van der Waals surface area (Å²) in [4.78, 5) is 0. The number of hydrogen-bond donors (Lipinski definition) is 2. The normalized spacial score (nSPS) is 13.0. The van der Waals surface area contributed by atoms with Crippen LogP contribution in [0.25, 0.3) is 0 Å². The minimum absolute atomic E-state index is 0.0606. The molecule has 72 valence electrons. The maximum atomic E-state index is 8.90. The Morgan fingerprint density at radius 3 is 2.77 bits per heavy atom. The van der Waals surface area contributed by atoms with Crippen molar-refractivity contribution in [3.05, 3.63) is 32.8 Å². The molecular weight excluding hydrogens is 253 g/mol. The summed E-state index contributed by atoms with van der Waals surface area (Å²) in [6, 6.07) is 3.34. The van der Waals surface area contributed by atoms with Gasteiger partial charge in [0.15, 0.2) is 0 Å². The fourth-order valence-corrected chi connectivity index (χ4v) is 1.74. The standard InChI is InChI=1S/C9H11BrClNO/c1-5-2-8(11)7(10)3-6(5)9(12)4-13/h2-3,9,13H,4,12H2,1H3. The summed E-state index contributed by atoms with van der Waals surface area (Å²) in [6.45, 7) is 1.86. The molecule has 1 atom stereocenters. The highest BCUT2D eigenvalue weighted by Gasteiger charge is 2.10. The third-order valence-electron chi connectivity index (χ3n) is 1.91. The summed E-state index contributed by atoms with van der Waals surface area (Å²) in [7, 11) is 0. The molecule has 0 saturated carbocycles. The molecule has 1 rings (SSSR count). The summed E-state index contributed by atoms with van der Waals surface area (Å²) in [5.41, 5.74) is 7.61. The van der Waals surface area contributed by atoms with Gasteiger partial charge in [-0.2, -0.15) is 0 Å². The molecule has 0 bridgehead atoms. The van der Waals surface area contributed by atoms with Crippen molar-refractivity contribution in [1.82, 2.24) is 0 Å². The van der Waals surface area contributed by atoms with Crippen LogP contribution in [0.1, 0.15) is 17.2 Å². The number of rotatable bonds is 2. The van der Waals surface area contributed by atoms with Gasteiger partial charge in [0.2, 0.25) is 0 Å². The molecule has 0 radical (unpaired) electrons. The molecule has 0 aliphatic carbocycles. The highest BCUT2D eigenvalue weighted by atomic mass is 79.9. The predicted molar refractivity (Wildman–Crippen MR) is 57.9 cm³/mol. The van der Waals surface area contributed by atoms with Crippen molar-refractivity contribution in [2.75, 3.05) is 6.61 Å². The summed E-state index contributed by atoms with van der Waals surface area (Å²) in [5.74, 6) is 0. The first-order valence-electron chi connectivity index (χ1n) is 3.88. The van der Waals surface area contributed by atoms with Crippen LogP contribution in [0, 0.1) is 6.92 Å². The van der Waals surface area contributed by atoms with Crippen molar-refractivity contribution in [2.24, 2.45) is 5.73 Å². The zero-order valence-corrected chi connectivity index (χ0v) is 9.56. The fourth-order valence-electron chi connectivity index (χ4n) is 1.16. The van der Waals surface area contributed by atoms with Gasteiger partial charge in [0, 0.05) is 4.47 Å². The van der Waals surface area contributed by atoms with E-state index in [1.807, 2.05) is 19.1 Å². The second kappa shape index (κ2) is 4.42. The Kier molecular flexibility index (Phi) is 3.74. The van der Waals surface area contributed by atoms with Crippen LogP contribution in [0.2, 0.25) is 5.02 Å². The Morgan fingerprint density at radius 2 is 2.23 bits per heavy atom. The van der Waals surface area contributed by atoms with Crippen LogP contribution in [0.15, 0.2) is 16.6 Å². The third kappa shape index (κ3) is 2.44. The van der Waals surface area contributed by atoms with Gasteiger partial charge in [0.25, 0.3) is 0 Å². The SMILES string of the molecule is Cc1cc(Cl)c(Br)cc1C(N)CO. The Balaban J connectivity index is 3.15. The van der Waals surface area contributed by atoms with Gasteiger partial charge in [0.05, 0.1) is 17.7 Å². The number of nitrogens with two attached hydrogens (primary N) is 1. The van der Waals surface area contributed by atoms with E-state index in [9.17, 15) is 0 Å². The van der Waals surface area contributed by atoms with Crippen molar-refractivity contribution >= 4 is 27.5 Å². The molecule has 3 N–H and O–H groups in total. The molecule has 0 saturated heterocycles. The van der Waals surface area contributed by atoms with Crippen LogP contribution in [-0.4, -0.2) is 11.7 Å². The van der Waals surface area contributed by atoms with E-state index in [0.717, 1.165) is 15.6 Å². The minimum atomic E-state index is -0.339. The lowest BCUT2D eigenvalue weighted by Crippen LogP contribution is -2.15. The second-order valence-corrected chi connectivity index (χ2v) is 4.17. The van der Waals surface area contributed by atoms with Gasteiger partial charge in [-0.25, -0.2) is 0 Å². The van der Waals surface area contributed by atoms with Crippen molar-refractivity contribution in [2.45, 2.75) is 13.0 Å². The number of aryl methyl sites for hydroxylation is 1. The maximum Gasteiger partial charge on any atom is 0.0624 e. The zero-order valence-electron chi connectivity index (χ0n) is 7.22. The van der Waals surface area contributed by atoms with E-state index in [4.69, 9.17) is 22.4 Å². The molecule has 0 aliphatic rings. The molecule has 1 unspecified atom stereocenters. The van der Waals surface area contributed by atoms with Crippen LogP contribution >= 0.6 is 27.5 Å². The lowest BCUT2D eigenvalue weighted by molar-refractivity contribution is 0.267. The van der Waals surface area contributed by atoms with Crippen LogP contribution < -0.4 is 5.73 Å².